The van der Waals surface area contributed by atoms with Gasteiger partial charge in [-0.2, -0.15) is 0 Å². The second kappa shape index (κ2) is 3.74. The maximum absolute atomic E-state index is 10.5. The molecule has 0 N–H and O–H groups in total. The van der Waals surface area contributed by atoms with Gasteiger partial charge in [0.2, 0.25) is 9.05 Å². The van der Waals surface area contributed by atoms with Crippen LogP contribution in [0.15, 0.2) is 0 Å². The van der Waals surface area contributed by atoms with Crippen LogP contribution in [0.1, 0.15) is 19.3 Å². The van der Waals surface area contributed by atoms with E-state index in [1.807, 2.05) is 0 Å². The van der Waals surface area contributed by atoms with Crippen molar-refractivity contribution in [2.45, 2.75) is 25.4 Å². The fourth-order valence-corrected chi connectivity index (χ4v) is 1.96. The molecule has 1 atom stereocenters. The molecule has 3 nitrogen and oxygen atoms in total. The first-order valence-electron chi connectivity index (χ1n) is 3.62. The van der Waals surface area contributed by atoms with Crippen LogP contribution in [0, 0.1) is 0 Å². The van der Waals surface area contributed by atoms with Gasteiger partial charge in [0.25, 0.3) is 0 Å². The van der Waals surface area contributed by atoms with Gasteiger partial charge < -0.3 is 4.74 Å². The Balaban J connectivity index is 2.22. The Labute approximate surface area is 71.1 Å². The van der Waals surface area contributed by atoms with Crippen molar-refractivity contribution in [2.24, 2.45) is 0 Å². The molecular weight excluding hydrogens is 188 g/mol. The van der Waals surface area contributed by atoms with Crippen LogP contribution in [0.4, 0.5) is 0 Å². The summed E-state index contributed by atoms with van der Waals surface area (Å²) in [5.41, 5.74) is 0. The lowest BCUT2D eigenvalue weighted by atomic mass is 10.2. The fraction of sp³-hybridized carbons (Fsp3) is 1.00. The third-order valence-corrected chi connectivity index (χ3v) is 2.89. The summed E-state index contributed by atoms with van der Waals surface area (Å²) in [5, 5.41) is 0. The monoisotopic (exact) mass is 198 g/mol. The van der Waals surface area contributed by atoms with Crippen LogP contribution in [0.5, 0.6) is 0 Å². The minimum atomic E-state index is -3.32. The van der Waals surface area contributed by atoms with Crippen molar-refractivity contribution in [1.82, 2.24) is 0 Å². The maximum Gasteiger partial charge on any atom is 0.232 e. The molecule has 11 heavy (non-hydrogen) atoms. The zero-order valence-corrected chi connectivity index (χ0v) is 7.70. The van der Waals surface area contributed by atoms with Crippen LogP contribution in [-0.2, 0) is 13.8 Å². The van der Waals surface area contributed by atoms with E-state index < -0.39 is 9.05 Å². The first-order valence-corrected chi connectivity index (χ1v) is 6.10. The largest absolute Gasteiger partial charge is 0.378 e. The summed E-state index contributed by atoms with van der Waals surface area (Å²) in [6, 6.07) is 0. The lowest BCUT2D eigenvalue weighted by Gasteiger charge is -2.05. The number of ether oxygens (including phenoxy) is 1. The zero-order valence-electron chi connectivity index (χ0n) is 6.12. The van der Waals surface area contributed by atoms with E-state index in [1.54, 1.807) is 0 Å². The summed E-state index contributed by atoms with van der Waals surface area (Å²) in [5.74, 6) is 0.0270. The SMILES string of the molecule is O=S(=O)(Cl)CC[C@@H]1CCCO1. The first kappa shape index (κ1) is 9.29. The van der Waals surface area contributed by atoms with Gasteiger partial charge >= 0.3 is 0 Å². The van der Waals surface area contributed by atoms with E-state index in [-0.39, 0.29) is 11.9 Å². The molecule has 0 unspecified atom stereocenters. The van der Waals surface area contributed by atoms with Crippen molar-refractivity contribution in [3.8, 4) is 0 Å². The van der Waals surface area contributed by atoms with E-state index >= 15 is 0 Å². The number of halogens is 1. The van der Waals surface area contributed by atoms with Gasteiger partial charge in [0.1, 0.15) is 0 Å². The van der Waals surface area contributed by atoms with E-state index in [4.69, 9.17) is 15.4 Å². The van der Waals surface area contributed by atoms with Gasteiger partial charge in [-0.15, -0.1) is 0 Å². The van der Waals surface area contributed by atoms with Gasteiger partial charge in [-0.1, -0.05) is 0 Å². The fourth-order valence-electron chi connectivity index (χ4n) is 1.14. The molecule has 1 heterocycles. The maximum atomic E-state index is 10.5. The summed E-state index contributed by atoms with van der Waals surface area (Å²) < 4.78 is 26.2. The molecular formula is C6H11ClO3S. The molecule has 66 valence electrons. The van der Waals surface area contributed by atoms with Gasteiger partial charge in [-0.05, 0) is 19.3 Å². The highest BCUT2D eigenvalue weighted by Gasteiger charge is 2.17. The van der Waals surface area contributed by atoms with Crippen LogP contribution in [0.2, 0.25) is 0 Å². The van der Waals surface area contributed by atoms with Crippen LogP contribution < -0.4 is 0 Å². The van der Waals surface area contributed by atoms with Crippen LogP contribution >= 0.6 is 10.7 Å². The van der Waals surface area contributed by atoms with Crippen molar-refractivity contribution in [2.75, 3.05) is 12.4 Å². The highest BCUT2D eigenvalue weighted by molar-refractivity contribution is 8.13. The molecule has 0 radical (unpaired) electrons. The second-order valence-corrected chi connectivity index (χ2v) is 5.56. The third kappa shape index (κ3) is 3.94. The molecule has 1 aliphatic heterocycles. The van der Waals surface area contributed by atoms with Gasteiger partial charge in [0.05, 0.1) is 11.9 Å². The van der Waals surface area contributed by atoms with Crippen molar-refractivity contribution in [3.63, 3.8) is 0 Å². The van der Waals surface area contributed by atoms with Gasteiger partial charge in [0, 0.05) is 17.3 Å². The quantitative estimate of drug-likeness (QED) is 0.639. The normalized spacial score (nSPS) is 25.7. The topological polar surface area (TPSA) is 43.4 Å². The van der Waals surface area contributed by atoms with Crippen molar-refractivity contribution in [1.29, 1.82) is 0 Å². The Morgan fingerprint density at radius 2 is 2.27 bits per heavy atom. The van der Waals surface area contributed by atoms with Crippen molar-refractivity contribution in [3.05, 3.63) is 0 Å². The number of hydrogen-bond donors (Lipinski definition) is 0. The highest BCUT2D eigenvalue weighted by Crippen LogP contribution is 2.16. The number of rotatable bonds is 3. The molecule has 0 aliphatic carbocycles. The lowest BCUT2D eigenvalue weighted by molar-refractivity contribution is 0.109. The predicted octanol–water partition coefficient (Wildman–Crippen LogP) is 1.12. The molecule has 5 heteroatoms. The standard InChI is InChI=1S/C6H11ClO3S/c7-11(8,9)5-3-6-2-1-4-10-6/h6H,1-5H2/t6-/m0/s1. The van der Waals surface area contributed by atoms with E-state index in [0.29, 0.717) is 6.42 Å². The Kier molecular flexibility index (Phi) is 3.16. The summed E-state index contributed by atoms with van der Waals surface area (Å²) in [4.78, 5) is 0. The molecule has 1 aliphatic rings. The minimum Gasteiger partial charge on any atom is -0.378 e. The second-order valence-electron chi connectivity index (χ2n) is 2.67. The van der Waals surface area contributed by atoms with Crippen LogP contribution in [0.3, 0.4) is 0 Å². The molecule has 0 aromatic carbocycles. The smallest absolute Gasteiger partial charge is 0.232 e. The highest BCUT2D eigenvalue weighted by atomic mass is 35.7. The molecule has 0 amide bonds. The molecule has 1 rings (SSSR count). The molecule has 0 bridgehead atoms. The minimum absolute atomic E-state index is 0.0270. The van der Waals surface area contributed by atoms with Crippen LogP contribution in [-0.4, -0.2) is 26.9 Å². The van der Waals surface area contributed by atoms with Crippen LogP contribution in [0.25, 0.3) is 0 Å². The third-order valence-electron chi connectivity index (χ3n) is 1.71. The predicted molar refractivity (Wildman–Crippen MR) is 43.2 cm³/mol. The zero-order chi connectivity index (χ0) is 8.32. The summed E-state index contributed by atoms with van der Waals surface area (Å²) in [7, 11) is 1.71. The first-order chi connectivity index (χ1) is 5.08. The molecule has 1 saturated heterocycles. The molecule has 0 spiro atoms. The summed E-state index contributed by atoms with van der Waals surface area (Å²) in [6.07, 6.45) is 2.65. The Morgan fingerprint density at radius 3 is 2.73 bits per heavy atom. The van der Waals surface area contributed by atoms with Crippen molar-refractivity contribution >= 4 is 19.7 Å². The molecule has 0 aromatic heterocycles. The van der Waals surface area contributed by atoms with Gasteiger partial charge in [-0.3, -0.25) is 0 Å². The molecule has 1 fully saturated rings. The number of hydrogen-bond acceptors (Lipinski definition) is 3. The Morgan fingerprint density at radius 1 is 1.55 bits per heavy atom. The van der Waals surface area contributed by atoms with E-state index in [0.717, 1.165) is 19.4 Å². The van der Waals surface area contributed by atoms with E-state index in [9.17, 15) is 8.42 Å². The lowest BCUT2D eigenvalue weighted by Crippen LogP contribution is -2.10. The Hall–Kier alpha value is 0.200. The molecule has 0 saturated carbocycles. The summed E-state index contributed by atoms with van der Waals surface area (Å²) in [6.45, 7) is 0.757. The van der Waals surface area contributed by atoms with Gasteiger partial charge in [0.15, 0.2) is 0 Å². The molecule has 0 aromatic rings. The van der Waals surface area contributed by atoms with E-state index in [2.05, 4.69) is 0 Å². The average molecular weight is 199 g/mol. The van der Waals surface area contributed by atoms with E-state index in [1.165, 1.54) is 0 Å². The van der Waals surface area contributed by atoms with Gasteiger partial charge in [-0.25, -0.2) is 8.42 Å². The van der Waals surface area contributed by atoms with Crippen molar-refractivity contribution < 1.29 is 13.2 Å². The summed E-state index contributed by atoms with van der Waals surface area (Å²) >= 11 is 0. The Bertz CT molecular complexity index is 206. The average Bonchev–Trinajstić information content (AvgIpc) is 2.32.